The Morgan fingerprint density at radius 2 is 2.09 bits per heavy atom. The molecule has 0 atom stereocenters. The molecule has 1 N–H and O–H groups in total. The van der Waals surface area contributed by atoms with Gasteiger partial charge in [-0.15, -0.1) is 0 Å². The molecule has 0 aliphatic carbocycles. The van der Waals surface area contributed by atoms with E-state index in [0.29, 0.717) is 11.4 Å². The van der Waals surface area contributed by atoms with Crippen LogP contribution in [0.15, 0.2) is 24.3 Å². The standard InChI is InChI=1S/C16H20N2O5/c1-11(2)17-14(19)9-23-16(21)7-8-18-12-5-3-4-6-13(12)22-10-15(18)20/h3-6,11H,7-10H2,1-2H3,(H,17,19). The van der Waals surface area contributed by atoms with Gasteiger partial charge in [0.15, 0.2) is 13.2 Å². The summed E-state index contributed by atoms with van der Waals surface area (Å²) in [6.07, 6.45) is 0.00896. The van der Waals surface area contributed by atoms with Gasteiger partial charge < -0.3 is 19.7 Å². The molecular weight excluding hydrogens is 300 g/mol. The molecule has 0 aromatic heterocycles. The van der Waals surface area contributed by atoms with Crippen LogP contribution in [0.1, 0.15) is 20.3 Å². The monoisotopic (exact) mass is 320 g/mol. The molecule has 0 fully saturated rings. The van der Waals surface area contributed by atoms with Gasteiger partial charge in [0, 0.05) is 12.6 Å². The molecule has 0 saturated heterocycles. The molecule has 2 rings (SSSR count). The van der Waals surface area contributed by atoms with Crippen LogP contribution in [0.5, 0.6) is 5.75 Å². The maximum absolute atomic E-state index is 11.9. The summed E-state index contributed by atoms with van der Waals surface area (Å²) in [6, 6.07) is 7.12. The summed E-state index contributed by atoms with van der Waals surface area (Å²) < 4.78 is 10.2. The van der Waals surface area contributed by atoms with E-state index in [9.17, 15) is 14.4 Å². The Labute approximate surface area is 134 Å². The average molecular weight is 320 g/mol. The molecule has 0 spiro atoms. The van der Waals surface area contributed by atoms with Gasteiger partial charge in [0.05, 0.1) is 12.1 Å². The molecule has 1 aromatic rings. The van der Waals surface area contributed by atoms with Crippen molar-refractivity contribution in [2.45, 2.75) is 26.3 Å². The molecule has 0 saturated carbocycles. The van der Waals surface area contributed by atoms with E-state index >= 15 is 0 Å². The number of amides is 2. The van der Waals surface area contributed by atoms with Crippen LogP contribution in [0.2, 0.25) is 0 Å². The van der Waals surface area contributed by atoms with Crippen molar-refractivity contribution in [2.24, 2.45) is 0 Å². The molecule has 1 aliphatic rings. The van der Waals surface area contributed by atoms with Gasteiger partial charge in [-0.3, -0.25) is 14.4 Å². The number of hydrogen-bond donors (Lipinski definition) is 1. The van der Waals surface area contributed by atoms with E-state index in [0.717, 1.165) is 0 Å². The Hall–Kier alpha value is -2.57. The number of nitrogens with one attached hydrogen (secondary N) is 1. The van der Waals surface area contributed by atoms with Crippen molar-refractivity contribution in [3.8, 4) is 5.75 Å². The number of benzene rings is 1. The maximum atomic E-state index is 11.9. The molecule has 0 unspecified atom stereocenters. The highest BCUT2D eigenvalue weighted by Crippen LogP contribution is 2.31. The van der Waals surface area contributed by atoms with Crippen molar-refractivity contribution in [1.82, 2.24) is 5.32 Å². The smallest absolute Gasteiger partial charge is 0.308 e. The normalized spacial score (nSPS) is 13.3. The SMILES string of the molecule is CC(C)NC(=O)COC(=O)CCN1C(=O)COc2ccccc21. The zero-order valence-electron chi connectivity index (χ0n) is 13.2. The Bertz CT molecular complexity index is 600. The Balaban J connectivity index is 1.84. The number of anilines is 1. The summed E-state index contributed by atoms with van der Waals surface area (Å²) in [6.45, 7) is 3.46. The fourth-order valence-corrected chi connectivity index (χ4v) is 2.18. The van der Waals surface area contributed by atoms with Crippen molar-refractivity contribution >= 4 is 23.5 Å². The van der Waals surface area contributed by atoms with Gasteiger partial charge >= 0.3 is 5.97 Å². The summed E-state index contributed by atoms with van der Waals surface area (Å²) in [5.74, 6) is -0.479. The van der Waals surface area contributed by atoms with Crippen molar-refractivity contribution in [1.29, 1.82) is 0 Å². The van der Waals surface area contributed by atoms with Crippen molar-refractivity contribution in [3.63, 3.8) is 0 Å². The summed E-state index contributed by atoms with van der Waals surface area (Å²) in [7, 11) is 0. The number of rotatable bonds is 6. The highest BCUT2D eigenvalue weighted by molar-refractivity contribution is 5.98. The number of carbonyl (C=O) groups excluding carboxylic acids is 3. The third-order valence-electron chi connectivity index (χ3n) is 3.16. The predicted octanol–water partition coefficient (Wildman–Crippen LogP) is 0.870. The lowest BCUT2D eigenvalue weighted by atomic mass is 10.2. The lowest BCUT2D eigenvalue weighted by molar-refractivity contribution is -0.148. The van der Waals surface area contributed by atoms with Crippen LogP contribution in [-0.2, 0) is 19.1 Å². The Morgan fingerprint density at radius 3 is 2.83 bits per heavy atom. The van der Waals surface area contributed by atoms with Crippen molar-refractivity contribution in [2.75, 3.05) is 24.7 Å². The number of ether oxygens (including phenoxy) is 2. The van der Waals surface area contributed by atoms with Crippen LogP contribution in [0.4, 0.5) is 5.69 Å². The van der Waals surface area contributed by atoms with Crippen LogP contribution in [0.3, 0.4) is 0 Å². The van der Waals surface area contributed by atoms with E-state index in [1.165, 1.54) is 4.90 Å². The molecule has 23 heavy (non-hydrogen) atoms. The first-order valence-corrected chi connectivity index (χ1v) is 7.44. The number of hydrogen-bond acceptors (Lipinski definition) is 5. The van der Waals surface area contributed by atoms with E-state index in [4.69, 9.17) is 9.47 Å². The van der Waals surface area contributed by atoms with Gasteiger partial charge in [0.25, 0.3) is 11.8 Å². The first kappa shape index (κ1) is 16.8. The highest BCUT2D eigenvalue weighted by atomic mass is 16.5. The quantitative estimate of drug-likeness (QED) is 0.786. The second kappa shape index (κ2) is 7.62. The van der Waals surface area contributed by atoms with E-state index in [1.807, 2.05) is 19.9 Å². The lowest BCUT2D eigenvalue weighted by Crippen LogP contribution is -2.40. The third kappa shape index (κ3) is 4.70. The van der Waals surface area contributed by atoms with Crippen LogP contribution >= 0.6 is 0 Å². The van der Waals surface area contributed by atoms with E-state index in [-0.39, 0.29) is 44.0 Å². The fourth-order valence-electron chi connectivity index (χ4n) is 2.18. The zero-order valence-corrected chi connectivity index (χ0v) is 13.2. The van der Waals surface area contributed by atoms with Gasteiger partial charge in [-0.25, -0.2) is 0 Å². The topological polar surface area (TPSA) is 84.9 Å². The second-order valence-corrected chi connectivity index (χ2v) is 5.43. The van der Waals surface area contributed by atoms with Gasteiger partial charge in [0.2, 0.25) is 0 Å². The van der Waals surface area contributed by atoms with Gasteiger partial charge in [0.1, 0.15) is 5.75 Å². The molecule has 0 bridgehead atoms. The first-order chi connectivity index (χ1) is 11.0. The minimum Gasteiger partial charge on any atom is -0.482 e. The largest absolute Gasteiger partial charge is 0.482 e. The van der Waals surface area contributed by atoms with E-state index < -0.39 is 5.97 Å². The third-order valence-corrected chi connectivity index (χ3v) is 3.16. The highest BCUT2D eigenvalue weighted by Gasteiger charge is 2.25. The van der Waals surface area contributed by atoms with Crippen molar-refractivity contribution < 1.29 is 23.9 Å². The van der Waals surface area contributed by atoms with Crippen LogP contribution in [-0.4, -0.2) is 43.6 Å². The number of esters is 1. The molecule has 1 heterocycles. The average Bonchev–Trinajstić information content (AvgIpc) is 2.51. The zero-order chi connectivity index (χ0) is 16.8. The maximum Gasteiger partial charge on any atom is 0.308 e. The van der Waals surface area contributed by atoms with Crippen molar-refractivity contribution in [3.05, 3.63) is 24.3 Å². The summed E-state index contributed by atoms with van der Waals surface area (Å²) in [4.78, 5) is 36.6. The molecule has 7 heteroatoms. The molecule has 1 aromatic carbocycles. The number of para-hydroxylation sites is 2. The fraction of sp³-hybridized carbons (Fsp3) is 0.438. The summed E-state index contributed by atoms with van der Waals surface area (Å²) in [5, 5.41) is 2.63. The van der Waals surface area contributed by atoms with Gasteiger partial charge in [-0.1, -0.05) is 12.1 Å². The number of nitrogens with zero attached hydrogens (tertiary/aromatic N) is 1. The van der Waals surface area contributed by atoms with Gasteiger partial charge in [-0.05, 0) is 26.0 Å². The van der Waals surface area contributed by atoms with Gasteiger partial charge in [-0.2, -0.15) is 0 Å². The molecule has 0 radical (unpaired) electrons. The van der Waals surface area contributed by atoms with E-state index in [2.05, 4.69) is 5.32 Å². The molecule has 7 nitrogen and oxygen atoms in total. The molecule has 2 amide bonds. The van der Waals surface area contributed by atoms with Crippen LogP contribution in [0, 0.1) is 0 Å². The van der Waals surface area contributed by atoms with Crippen LogP contribution < -0.4 is 15.0 Å². The number of carbonyl (C=O) groups is 3. The summed E-state index contributed by atoms with van der Waals surface area (Å²) >= 11 is 0. The molecular formula is C16H20N2O5. The first-order valence-electron chi connectivity index (χ1n) is 7.44. The lowest BCUT2D eigenvalue weighted by Gasteiger charge is -2.28. The minimum absolute atomic E-state index is 0.00896. The Kier molecular flexibility index (Phi) is 5.56. The molecule has 1 aliphatic heterocycles. The van der Waals surface area contributed by atoms with Crippen LogP contribution in [0.25, 0.3) is 0 Å². The molecule has 124 valence electrons. The summed E-state index contributed by atoms with van der Waals surface area (Å²) in [5.41, 5.74) is 0.633. The van der Waals surface area contributed by atoms with E-state index in [1.54, 1.807) is 18.2 Å². The second-order valence-electron chi connectivity index (χ2n) is 5.43. The minimum atomic E-state index is -0.527. The predicted molar refractivity (Wildman–Crippen MR) is 83.1 cm³/mol. The number of fused-ring (bicyclic) bond motifs is 1. The Morgan fingerprint density at radius 1 is 1.35 bits per heavy atom.